The van der Waals surface area contributed by atoms with E-state index in [0.717, 1.165) is 50.1 Å². The monoisotopic (exact) mass is 726 g/mol. The molecule has 0 fully saturated rings. The summed E-state index contributed by atoms with van der Waals surface area (Å²) in [4.78, 5) is 2.38. The van der Waals surface area contributed by atoms with E-state index in [1.807, 2.05) is 6.07 Å². The number of hydrogen-bond acceptors (Lipinski definition) is 2. The number of benzene rings is 10. The van der Waals surface area contributed by atoms with E-state index in [-0.39, 0.29) is 0 Å². The van der Waals surface area contributed by atoms with Crippen LogP contribution in [0.3, 0.4) is 0 Å². The van der Waals surface area contributed by atoms with Crippen molar-refractivity contribution in [3.63, 3.8) is 0 Å². The molecule has 266 valence electrons. The maximum atomic E-state index is 6.72. The number of anilines is 3. The number of furan rings is 1. The van der Waals surface area contributed by atoms with E-state index in [4.69, 9.17) is 4.42 Å². The maximum Gasteiger partial charge on any atom is 0.159 e. The van der Waals surface area contributed by atoms with Gasteiger partial charge in [0.1, 0.15) is 5.58 Å². The van der Waals surface area contributed by atoms with Gasteiger partial charge in [0.05, 0.1) is 22.4 Å². The Hall–Kier alpha value is -7.62. The second-order valence-electron chi connectivity index (χ2n) is 14.9. The van der Waals surface area contributed by atoms with Gasteiger partial charge in [0, 0.05) is 38.3 Å². The fraction of sp³-hybridized carbons (Fsp3) is 0. The normalized spacial score (nSPS) is 11.9. The first-order valence-corrected chi connectivity index (χ1v) is 19.5. The highest BCUT2D eigenvalue weighted by Crippen LogP contribution is 2.46. The molecule has 0 bridgehead atoms. The minimum absolute atomic E-state index is 0.861. The van der Waals surface area contributed by atoms with Crippen molar-refractivity contribution in [2.75, 3.05) is 4.90 Å². The molecule has 0 radical (unpaired) electrons. The third-order valence-electron chi connectivity index (χ3n) is 11.7. The summed E-state index contributed by atoms with van der Waals surface area (Å²) in [6.07, 6.45) is 0. The molecule has 2 aromatic heterocycles. The smallest absolute Gasteiger partial charge is 0.159 e. The molecular weight excluding hydrogens is 693 g/mol. The van der Waals surface area contributed by atoms with Gasteiger partial charge in [-0.05, 0) is 105 Å². The topological polar surface area (TPSA) is 21.3 Å². The molecule has 0 saturated carbocycles. The molecule has 3 heteroatoms. The van der Waals surface area contributed by atoms with Crippen LogP contribution in [0.5, 0.6) is 0 Å². The molecule has 3 nitrogen and oxygen atoms in total. The first-order chi connectivity index (χ1) is 28.3. The maximum absolute atomic E-state index is 6.72. The van der Waals surface area contributed by atoms with Crippen molar-refractivity contribution in [2.24, 2.45) is 0 Å². The summed E-state index contributed by atoms with van der Waals surface area (Å²) >= 11 is 0. The second-order valence-corrected chi connectivity index (χ2v) is 14.9. The van der Waals surface area contributed by atoms with Gasteiger partial charge in [0.25, 0.3) is 0 Å². The molecule has 0 aliphatic carbocycles. The van der Waals surface area contributed by atoms with Crippen LogP contribution >= 0.6 is 0 Å². The predicted octanol–water partition coefficient (Wildman–Crippen LogP) is 15.3. The van der Waals surface area contributed by atoms with Crippen LogP contribution < -0.4 is 4.90 Å². The van der Waals surface area contributed by atoms with Gasteiger partial charge in [0.2, 0.25) is 0 Å². The Morgan fingerprint density at radius 1 is 0.368 bits per heavy atom. The van der Waals surface area contributed by atoms with Crippen molar-refractivity contribution < 1.29 is 4.42 Å². The lowest BCUT2D eigenvalue weighted by molar-refractivity contribution is 0.669. The summed E-state index contributed by atoms with van der Waals surface area (Å²) in [7, 11) is 0. The summed E-state index contributed by atoms with van der Waals surface area (Å²) in [6.45, 7) is 0. The lowest BCUT2D eigenvalue weighted by Gasteiger charge is -2.28. The number of para-hydroxylation sites is 3. The summed E-state index contributed by atoms with van der Waals surface area (Å²) in [6, 6.07) is 74.6. The predicted molar refractivity (Wildman–Crippen MR) is 241 cm³/mol. The third-order valence-corrected chi connectivity index (χ3v) is 11.7. The summed E-state index contributed by atoms with van der Waals surface area (Å²) < 4.78 is 9.12. The van der Waals surface area contributed by atoms with Crippen LogP contribution in [0.15, 0.2) is 211 Å². The lowest BCUT2D eigenvalue weighted by Crippen LogP contribution is -2.11. The Balaban J connectivity index is 1.08. The van der Waals surface area contributed by atoms with Crippen LogP contribution in [0.1, 0.15) is 0 Å². The molecule has 0 aliphatic rings. The highest BCUT2D eigenvalue weighted by molar-refractivity contribution is 6.15. The van der Waals surface area contributed by atoms with E-state index in [0.29, 0.717) is 0 Å². The summed E-state index contributed by atoms with van der Waals surface area (Å²) in [5, 5.41) is 12.0. The molecule has 0 amide bonds. The van der Waals surface area contributed by atoms with Crippen LogP contribution in [-0.4, -0.2) is 4.57 Å². The van der Waals surface area contributed by atoms with Crippen LogP contribution in [0.25, 0.3) is 92.9 Å². The molecule has 0 N–H and O–H groups in total. The van der Waals surface area contributed by atoms with Crippen molar-refractivity contribution in [2.45, 2.75) is 0 Å². The number of rotatable bonds is 5. The Kier molecular flexibility index (Phi) is 6.93. The molecular formula is C54H34N2O. The Labute approximate surface area is 328 Å². The fourth-order valence-corrected chi connectivity index (χ4v) is 9.09. The Bertz CT molecular complexity index is 3530. The molecule has 0 saturated heterocycles. The molecule has 2 heterocycles. The Morgan fingerprint density at radius 2 is 1.02 bits per heavy atom. The first-order valence-electron chi connectivity index (χ1n) is 19.5. The van der Waals surface area contributed by atoms with Gasteiger partial charge in [0.15, 0.2) is 5.58 Å². The average molecular weight is 727 g/mol. The largest absolute Gasteiger partial charge is 0.454 e. The zero-order valence-corrected chi connectivity index (χ0v) is 30.9. The van der Waals surface area contributed by atoms with Crippen LogP contribution in [0.2, 0.25) is 0 Å². The van der Waals surface area contributed by atoms with Crippen molar-refractivity contribution in [3.05, 3.63) is 206 Å². The van der Waals surface area contributed by atoms with Crippen molar-refractivity contribution in [1.29, 1.82) is 0 Å². The van der Waals surface area contributed by atoms with Gasteiger partial charge in [-0.2, -0.15) is 0 Å². The molecule has 0 atom stereocenters. The van der Waals surface area contributed by atoms with Crippen molar-refractivity contribution >= 4 is 93.1 Å². The summed E-state index contributed by atoms with van der Waals surface area (Å²) in [5.74, 6) is 0. The zero-order chi connectivity index (χ0) is 37.5. The molecule has 10 aromatic carbocycles. The first kappa shape index (κ1) is 31.7. The number of fused-ring (bicyclic) bond motifs is 9. The van der Waals surface area contributed by atoms with Gasteiger partial charge in [-0.15, -0.1) is 0 Å². The molecule has 0 unspecified atom stereocenters. The SMILES string of the molecule is c1ccc2cc(-c3ccc(N(c4ccc(-n5c6ccccc6c6cc7ccccc7cc65)cc4)c4cccc5c4oc4ccccc45)c4ccccc34)ccc2c1. The highest BCUT2D eigenvalue weighted by atomic mass is 16.3. The standard InChI is InChI=1S/C54H34N2O/c1-2-13-36-32-39(25-24-35(36)12-1)42-30-31-50(44-17-6-5-16-43(42)44)55(51-22-11-20-47-46-19-8-10-23-53(46)57-54(47)51)40-26-28-41(29-27-40)56-49-21-9-7-18-45(49)48-33-37-14-3-4-15-38(37)34-52(48)56/h1-34H. The highest BCUT2D eigenvalue weighted by Gasteiger charge is 2.22. The quantitative estimate of drug-likeness (QED) is 0.176. The Morgan fingerprint density at radius 3 is 1.84 bits per heavy atom. The summed E-state index contributed by atoms with van der Waals surface area (Å²) in [5.41, 5.74) is 10.8. The van der Waals surface area contributed by atoms with E-state index in [1.54, 1.807) is 0 Å². The van der Waals surface area contributed by atoms with Gasteiger partial charge >= 0.3 is 0 Å². The molecule has 12 rings (SSSR count). The fourth-order valence-electron chi connectivity index (χ4n) is 9.09. The van der Waals surface area contributed by atoms with Gasteiger partial charge < -0.3 is 13.9 Å². The van der Waals surface area contributed by atoms with E-state index in [2.05, 4.69) is 210 Å². The molecule has 0 aliphatic heterocycles. The van der Waals surface area contributed by atoms with Crippen molar-refractivity contribution in [1.82, 2.24) is 4.57 Å². The van der Waals surface area contributed by atoms with E-state index < -0.39 is 0 Å². The van der Waals surface area contributed by atoms with Gasteiger partial charge in [-0.1, -0.05) is 140 Å². The number of aromatic nitrogens is 1. The van der Waals surface area contributed by atoms with Crippen molar-refractivity contribution in [3.8, 4) is 16.8 Å². The number of hydrogen-bond donors (Lipinski definition) is 0. The van der Waals surface area contributed by atoms with Gasteiger partial charge in [-0.25, -0.2) is 0 Å². The molecule has 57 heavy (non-hydrogen) atoms. The van der Waals surface area contributed by atoms with Gasteiger partial charge in [-0.3, -0.25) is 0 Å². The minimum atomic E-state index is 0.861. The zero-order valence-electron chi connectivity index (χ0n) is 30.9. The molecule has 0 spiro atoms. The third kappa shape index (κ3) is 4.92. The lowest BCUT2D eigenvalue weighted by atomic mass is 9.94. The van der Waals surface area contributed by atoms with Crippen LogP contribution in [0, 0.1) is 0 Å². The average Bonchev–Trinajstić information content (AvgIpc) is 3.82. The number of nitrogens with zero attached hydrogens (tertiary/aromatic N) is 2. The minimum Gasteiger partial charge on any atom is -0.454 e. The van der Waals surface area contributed by atoms with E-state index in [9.17, 15) is 0 Å². The second kappa shape index (κ2) is 12.5. The molecule has 12 aromatic rings. The van der Waals surface area contributed by atoms with E-state index >= 15 is 0 Å². The van der Waals surface area contributed by atoms with Crippen LogP contribution in [-0.2, 0) is 0 Å². The van der Waals surface area contributed by atoms with Crippen LogP contribution in [0.4, 0.5) is 17.1 Å². The van der Waals surface area contributed by atoms with E-state index in [1.165, 1.54) is 59.9 Å².